The summed E-state index contributed by atoms with van der Waals surface area (Å²) in [6.45, 7) is 1.62. The molecule has 0 aliphatic carbocycles. The number of halogens is 3. The Hall–Kier alpha value is -1.84. The number of likely N-dealkylation sites (tertiary alicyclic amines) is 1. The zero-order chi connectivity index (χ0) is 20.5. The first-order valence-corrected chi connectivity index (χ1v) is 10.4. The quantitative estimate of drug-likeness (QED) is 0.758. The molecule has 9 heteroatoms. The molecule has 28 heavy (non-hydrogen) atoms. The smallest absolute Gasteiger partial charge is 0.393 e. The Labute approximate surface area is 164 Å². The molecule has 0 bridgehead atoms. The summed E-state index contributed by atoms with van der Waals surface area (Å²) in [5.74, 6) is 0.0890. The Morgan fingerprint density at radius 3 is 2.61 bits per heavy atom. The maximum Gasteiger partial charge on any atom is 0.393 e. The normalized spacial score (nSPS) is 16.8. The van der Waals surface area contributed by atoms with Crippen molar-refractivity contribution in [1.82, 2.24) is 9.80 Å². The lowest BCUT2D eigenvalue weighted by atomic mass is 10.0. The lowest BCUT2D eigenvalue weighted by Crippen LogP contribution is -2.45. The number of benzene rings is 1. The molecule has 1 aliphatic rings. The standard InChI is InChI=1S/C19H24F3N3O2S/c1-24(2)11-17(26)25-8-6-14(7-9-25)23-16-5-3-4-15-13(10-19(20,21)22)12-28(27)18(15)16/h3-5,12,14,23H,6-11H2,1-2H3. The van der Waals surface area contributed by atoms with Gasteiger partial charge in [-0.05, 0) is 49.8 Å². The van der Waals surface area contributed by atoms with E-state index in [1.54, 1.807) is 18.2 Å². The molecule has 0 radical (unpaired) electrons. The highest BCUT2D eigenvalue weighted by atomic mass is 32.2. The summed E-state index contributed by atoms with van der Waals surface area (Å²) in [5, 5.41) is 4.94. The highest BCUT2D eigenvalue weighted by molar-refractivity contribution is 7.30. The first-order valence-electron chi connectivity index (χ1n) is 9.14. The average Bonchev–Trinajstić information content (AvgIpc) is 2.90. The molecule has 3 rings (SSSR count). The van der Waals surface area contributed by atoms with E-state index in [9.17, 15) is 22.5 Å². The summed E-state index contributed by atoms with van der Waals surface area (Å²) in [4.78, 5) is 15.8. The van der Waals surface area contributed by atoms with Gasteiger partial charge in [0, 0.05) is 30.1 Å². The second-order valence-corrected chi connectivity index (χ2v) is 8.69. The largest absolute Gasteiger partial charge is 0.590 e. The van der Waals surface area contributed by atoms with Crippen LogP contribution >= 0.6 is 10.8 Å². The molecule has 2 heterocycles. The highest BCUT2D eigenvalue weighted by Gasteiger charge is 2.32. The van der Waals surface area contributed by atoms with Crippen molar-refractivity contribution < 1.29 is 22.5 Å². The van der Waals surface area contributed by atoms with E-state index < -0.39 is 23.3 Å². The number of carbonyl (C=O) groups is 1. The third-order valence-corrected chi connectivity index (χ3v) is 6.20. The van der Waals surface area contributed by atoms with Crippen molar-refractivity contribution in [2.75, 3.05) is 39.0 Å². The third-order valence-electron chi connectivity index (χ3n) is 4.86. The van der Waals surface area contributed by atoms with Gasteiger partial charge in [0.2, 0.25) is 10.6 Å². The Morgan fingerprint density at radius 1 is 1.32 bits per heavy atom. The van der Waals surface area contributed by atoms with E-state index in [2.05, 4.69) is 5.32 Å². The Morgan fingerprint density at radius 2 is 2.00 bits per heavy atom. The van der Waals surface area contributed by atoms with Crippen molar-refractivity contribution in [2.24, 2.45) is 0 Å². The summed E-state index contributed by atoms with van der Waals surface area (Å²) in [5.41, 5.74) is 0.677. The number of piperidine rings is 1. The topological polar surface area (TPSA) is 58.6 Å². The average molecular weight is 415 g/mol. The van der Waals surface area contributed by atoms with Gasteiger partial charge in [0.05, 0.1) is 18.7 Å². The predicted octanol–water partition coefficient (Wildman–Crippen LogP) is 3.64. The zero-order valence-corrected chi connectivity index (χ0v) is 16.7. The molecule has 1 atom stereocenters. The number of carbonyl (C=O) groups excluding carboxylic acids is 1. The number of nitrogens with zero attached hydrogens (tertiary/aromatic N) is 2. The molecule has 1 aliphatic heterocycles. The minimum atomic E-state index is -4.34. The fraction of sp³-hybridized carbons (Fsp3) is 0.526. The first-order chi connectivity index (χ1) is 13.1. The van der Waals surface area contributed by atoms with Gasteiger partial charge in [0.1, 0.15) is 5.38 Å². The summed E-state index contributed by atoms with van der Waals surface area (Å²) < 4.78 is 51.2. The maximum absolute atomic E-state index is 12.8. The van der Waals surface area contributed by atoms with Crippen LogP contribution < -0.4 is 5.32 Å². The van der Waals surface area contributed by atoms with Crippen LogP contribution in [0.25, 0.3) is 10.1 Å². The monoisotopic (exact) mass is 415 g/mol. The number of thiophene rings is 1. The minimum absolute atomic E-state index is 0.0635. The van der Waals surface area contributed by atoms with Gasteiger partial charge in [-0.1, -0.05) is 6.07 Å². The fourth-order valence-corrected chi connectivity index (χ4v) is 4.93. The van der Waals surface area contributed by atoms with Crippen molar-refractivity contribution in [3.8, 4) is 0 Å². The number of hydrogen-bond donors (Lipinski definition) is 1. The molecule has 0 saturated carbocycles. The molecule has 1 aromatic carbocycles. The molecule has 2 aromatic rings. The van der Waals surface area contributed by atoms with Gasteiger partial charge in [-0.3, -0.25) is 4.79 Å². The van der Waals surface area contributed by atoms with Crippen LogP contribution in [0, 0.1) is 0 Å². The maximum atomic E-state index is 12.8. The summed E-state index contributed by atoms with van der Waals surface area (Å²) >= 11 is 0. The fourth-order valence-electron chi connectivity index (χ4n) is 3.59. The second-order valence-electron chi connectivity index (χ2n) is 7.45. The van der Waals surface area contributed by atoms with E-state index in [-0.39, 0.29) is 17.5 Å². The molecular weight excluding hydrogens is 391 g/mol. The molecule has 1 N–H and O–H groups in total. The molecular formula is C19H24F3N3O2S. The van der Waals surface area contributed by atoms with Crippen LogP contribution in [0.4, 0.5) is 18.9 Å². The molecule has 1 saturated heterocycles. The predicted molar refractivity (Wildman–Crippen MR) is 104 cm³/mol. The van der Waals surface area contributed by atoms with E-state index in [1.807, 2.05) is 23.9 Å². The number of alkyl halides is 3. The van der Waals surface area contributed by atoms with Crippen molar-refractivity contribution in [3.63, 3.8) is 0 Å². The van der Waals surface area contributed by atoms with Crippen LogP contribution in [0.15, 0.2) is 23.6 Å². The first kappa shape index (κ1) is 20.9. The summed E-state index contributed by atoms with van der Waals surface area (Å²) in [7, 11) is 2.11. The molecule has 154 valence electrons. The van der Waals surface area contributed by atoms with Gasteiger partial charge < -0.3 is 19.7 Å². The molecule has 1 amide bonds. The van der Waals surface area contributed by atoms with E-state index in [1.165, 1.54) is 5.38 Å². The molecule has 1 fully saturated rings. The van der Waals surface area contributed by atoms with E-state index >= 15 is 0 Å². The SMILES string of the molecule is CN(C)CC(=O)N1CCC(Nc2cccc3c(CC(F)(F)F)c[s+]([O-])c23)CC1. The number of anilines is 1. The Bertz CT molecular complexity index is 843. The molecule has 1 aromatic heterocycles. The van der Waals surface area contributed by atoms with Crippen molar-refractivity contribution in [1.29, 1.82) is 0 Å². The van der Waals surface area contributed by atoms with Gasteiger partial charge in [0.25, 0.3) is 0 Å². The van der Waals surface area contributed by atoms with Crippen LogP contribution in [-0.2, 0) is 11.2 Å². The van der Waals surface area contributed by atoms with Crippen molar-refractivity contribution in [2.45, 2.75) is 31.5 Å². The number of hydrogen-bond acceptors (Lipinski definition) is 4. The van der Waals surface area contributed by atoms with Gasteiger partial charge in [-0.25, -0.2) is 0 Å². The van der Waals surface area contributed by atoms with Crippen molar-refractivity contribution in [3.05, 3.63) is 29.1 Å². The van der Waals surface area contributed by atoms with E-state index in [0.717, 1.165) is 12.8 Å². The molecule has 0 spiro atoms. The van der Waals surface area contributed by atoms with Gasteiger partial charge in [-0.15, -0.1) is 0 Å². The van der Waals surface area contributed by atoms with Crippen molar-refractivity contribution >= 4 is 32.4 Å². The van der Waals surface area contributed by atoms with Gasteiger partial charge >= 0.3 is 6.18 Å². The molecule has 1 unspecified atom stereocenters. The van der Waals surface area contributed by atoms with Gasteiger partial charge in [-0.2, -0.15) is 13.2 Å². The third kappa shape index (κ3) is 4.95. The van der Waals surface area contributed by atoms with Gasteiger partial charge in [0.15, 0.2) is 0 Å². The Balaban J connectivity index is 1.71. The van der Waals surface area contributed by atoms with Crippen LogP contribution in [0.3, 0.4) is 0 Å². The summed E-state index contributed by atoms with van der Waals surface area (Å²) in [6.07, 6.45) is -3.95. The van der Waals surface area contributed by atoms with Crippen LogP contribution in [0.5, 0.6) is 0 Å². The number of amides is 1. The van der Waals surface area contributed by atoms with E-state index in [4.69, 9.17) is 0 Å². The molecule has 5 nitrogen and oxygen atoms in total. The second kappa shape index (κ2) is 8.26. The number of rotatable bonds is 5. The highest BCUT2D eigenvalue weighted by Crippen LogP contribution is 2.40. The lowest BCUT2D eigenvalue weighted by molar-refractivity contribution is -0.132. The Kier molecular flexibility index (Phi) is 6.16. The minimum Gasteiger partial charge on any atom is -0.590 e. The van der Waals surface area contributed by atoms with Crippen LogP contribution in [0.1, 0.15) is 18.4 Å². The zero-order valence-electron chi connectivity index (χ0n) is 15.9. The number of fused-ring (bicyclic) bond motifs is 1. The van der Waals surface area contributed by atoms with Crippen LogP contribution in [0.2, 0.25) is 0 Å². The van der Waals surface area contributed by atoms with Crippen LogP contribution in [-0.4, -0.2) is 66.2 Å². The number of nitrogens with one attached hydrogen (secondary N) is 1. The van der Waals surface area contributed by atoms with E-state index in [0.29, 0.717) is 35.4 Å². The summed E-state index contributed by atoms with van der Waals surface area (Å²) in [6, 6.07) is 5.11. The lowest BCUT2D eigenvalue weighted by Gasteiger charge is -2.33. The number of likely N-dealkylation sites (N-methyl/N-ethyl adjacent to an activating group) is 1.